The van der Waals surface area contributed by atoms with Crippen LogP contribution in [-0.4, -0.2) is 33.5 Å². The number of nitrogens with one attached hydrogen (secondary N) is 1. The van der Waals surface area contributed by atoms with E-state index in [2.05, 4.69) is 4.72 Å². The predicted molar refractivity (Wildman–Crippen MR) is 92.5 cm³/mol. The van der Waals surface area contributed by atoms with Crippen molar-refractivity contribution in [1.82, 2.24) is 4.72 Å². The van der Waals surface area contributed by atoms with E-state index in [0.717, 1.165) is 42.4 Å². The van der Waals surface area contributed by atoms with Crippen LogP contribution in [0.4, 0.5) is 0 Å². The number of benzene rings is 1. The van der Waals surface area contributed by atoms with E-state index in [9.17, 15) is 8.42 Å². The number of hydrogen-bond donors (Lipinski definition) is 1. The van der Waals surface area contributed by atoms with Crippen molar-refractivity contribution < 1.29 is 17.9 Å². The Bertz CT molecular complexity index is 685. The van der Waals surface area contributed by atoms with E-state index in [4.69, 9.17) is 9.47 Å². The fraction of sp³-hybridized carbons (Fsp3) is 0.667. The highest BCUT2D eigenvalue weighted by atomic mass is 32.2. The fourth-order valence-electron chi connectivity index (χ4n) is 3.94. The summed E-state index contributed by atoms with van der Waals surface area (Å²) in [4.78, 5) is 0.374. The Morgan fingerprint density at radius 3 is 2.38 bits per heavy atom. The van der Waals surface area contributed by atoms with Gasteiger partial charge in [-0.15, -0.1) is 0 Å². The summed E-state index contributed by atoms with van der Waals surface area (Å²) in [6.07, 6.45) is 5.04. The van der Waals surface area contributed by atoms with E-state index >= 15 is 0 Å². The monoisotopic (exact) mass is 353 g/mol. The van der Waals surface area contributed by atoms with Crippen molar-refractivity contribution in [3.05, 3.63) is 28.8 Å². The lowest BCUT2D eigenvalue weighted by Crippen LogP contribution is -2.37. The van der Waals surface area contributed by atoms with Gasteiger partial charge in [-0.25, -0.2) is 13.1 Å². The van der Waals surface area contributed by atoms with Crippen molar-refractivity contribution in [3.8, 4) is 0 Å². The minimum Gasteiger partial charge on any atom is -0.347 e. The van der Waals surface area contributed by atoms with Gasteiger partial charge < -0.3 is 9.47 Å². The maximum atomic E-state index is 12.7. The van der Waals surface area contributed by atoms with Gasteiger partial charge in [-0.1, -0.05) is 24.1 Å². The summed E-state index contributed by atoms with van der Waals surface area (Å²) >= 11 is 0. The molecule has 24 heavy (non-hydrogen) atoms. The Labute approximate surface area is 144 Å². The van der Waals surface area contributed by atoms with E-state index < -0.39 is 15.8 Å². The summed E-state index contributed by atoms with van der Waals surface area (Å²) in [5, 5.41) is 0. The Balaban J connectivity index is 1.66. The zero-order valence-electron chi connectivity index (χ0n) is 14.7. The standard InChI is InChI=1S/C18H27NO4S/c1-13-9-14(2)17(15(3)10-13)24(20,21)19-11-16-12-22-18(23-16)7-5-4-6-8-18/h9-10,16,19H,4-8,11-12H2,1-3H3/t16-/m1/s1. The van der Waals surface area contributed by atoms with Gasteiger partial charge in [0.15, 0.2) is 5.79 Å². The molecule has 1 aliphatic carbocycles. The maximum absolute atomic E-state index is 12.7. The molecule has 1 aromatic carbocycles. The second-order valence-electron chi connectivity index (χ2n) is 7.10. The van der Waals surface area contributed by atoms with E-state index in [1.54, 1.807) is 0 Å². The van der Waals surface area contributed by atoms with Crippen LogP contribution in [0.3, 0.4) is 0 Å². The lowest BCUT2D eigenvalue weighted by Gasteiger charge is -2.31. The molecule has 1 atom stereocenters. The normalized spacial score (nSPS) is 23.7. The van der Waals surface area contributed by atoms with Crippen molar-refractivity contribution in [2.24, 2.45) is 0 Å². The van der Waals surface area contributed by atoms with Crippen LogP contribution in [0.2, 0.25) is 0 Å². The molecule has 2 fully saturated rings. The van der Waals surface area contributed by atoms with Crippen LogP contribution in [0, 0.1) is 20.8 Å². The zero-order chi connectivity index (χ0) is 17.4. The number of aryl methyl sites for hydroxylation is 3. The number of hydrogen-bond acceptors (Lipinski definition) is 4. The summed E-state index contributed by atoms with van der Waals surface area (Å²) in [5.41, 5.74) is 2.61. The van der Waals surface area contributed by atoms with Gasteiger partial charge in [-0.05, 0) is 44.7 Å². The molecule has 0 unspecified atom stereocenters. The quantitative estimate of drug-likeness (QED) is 0.904. The van der Waals surface area contributed by atoms with Crippen LogP contribution in [0.5, 0.6) is 0 Å². The van der Waals surface area contributed by atoms with Crippen LogP contribution in [-0.2, 0) is 19.5 Å². The topological polar surface area (TPSA) is 64.6 Å². The molecule has 0 radical (unpaired) electrons. The lowest BCUT2D eigenvalue weighted by molar-refractivity contribution is -0.186. The van der Waals surface area contributed by atoms with Crippen LogP contribution in [0.25, 0.3) is 0 Å². The lowest BCUT2D eigenvalue weighted by atomic mass is 9.94. The molecule has 2 aliphatic rings. The molecule has 5 nitrogen and oxygen atoms in total. The Kier molecular flexibility index (Phi) is 5.02. The van der Waals surface area contributed by atoms with Crippen LogP contribution in [0.1, 0.15) is 48.8 Å². The van der Waals surface area contributed by atoms with Gasteiger partial charge in [0.1, 0.15) is 0 Å². The van der Waals surface area contributed by atoms with E-state index in [1.807, 2.05) is 32.9 Å². The highest BCUT2D eigenvalue weighted by Gasteiger charge is 2.42. The number of rotatable bonds is 4. The predicted octanol–water partition coefficient (Wildman–Crippen LogP) is 2.97. The molecule has 0 aromatic heterocycles. The Morgan fingerprint density at radius 1 is 1.12 bits per heavy atom. The Morgan fingerprint density at radius 2 is 1.75 bits per heavy atom. The second kappa shape index (κ2) is 6.75. The van der Waals surface area contributed by atoms with Gasteiger partial charge in [-0.2, -0.15) is 0 Å². The minimum atomic E-state index is -3.55. The van der Waals surface area contributed by atoms with Gasteiger partial charge in [0.25, 0.3) is 0 Å². The molecule has 1 N–H and O–H groups in total. The molecule has 0 amide bonds. The van der Waals surface area contributed by atoms with Crippen molar-refractivity contribution in [3.63, 3.8) is 0 Å². The highest BCUT2D eigenvalue weighted by Crippen LogP contribution is 2.37. The summed E-state index contributed by atoms with van der Waals surface area (Å²) in [5.74, 6) is -0.468. The van der Waals surface area contributed by atoms with E-state index in [0.29, 0.717) is 11.5 Å². The molecular formula is C18H27NO4S. The first-order chi connectivity index (χ1) is 11.3. The first kappa shape index (κ1) is 17.9. The summed E-state index contributed by atoms with van der Waals surface area (Å²) < 4.78 is 40.0. The average Bonchev–Trinajstić information content (AvgIpc) is 2.87. The average molecular weight is 353 g/mol. The van der Waals surface area contributed by atoms with Crippen LogP contribution < -0.4 is 4.72 Å². The third kappa shape index (κ3) is 3.67. The summed E-state index contributed by atoms with van der Waals surface area (Å²) in [7, 11) is -3.55. The van der Waals surface area contributed by atoms with E-state index in [-0.39, 0.29) is 12.6 Å². The van der Waals surface area contributed by atoms with Gasteiger partial charge in [-0.3, -0.25) is 0 Å². The largest absolute Gasteiger partial charge is 0.347 e. The van der Waals surface area contributed by atoms with Crippen molar-refractivity contribution in [1.29, 1.82) is 0 Å². The third-order valence-electron chi connectivity index (χ3n) is 4.90. The van der Waals surface area contributed by atoms with Gasteiger partial charge in [0.05, 0.1) is 17.6 Å². The second-order valence-corrected chi connectivity index (χ2v) is 8.81. The molecule has 6 heteroatoms. The molecule has 1 saturated heterocycles. The zero-order valence-corrected chi connectivity index (χ0v) is 15.5. The highest BCUT2D eigenvalue weighted by molar-refractivity contribution is 7.89. The number of sulfonamides is 1. The first-order valence-corrected chi connectivity index (χ1v) is 10.2. The molecular weight excluding hydrogens is 326 g/mol. The van der Waals surface area contributed by atoms with Crippen molar-refractivity contribution >= 4 is 10.0 Å². The minimum absolute atomic E-state index is 0.219. The molecule has 1 aromatic rings. The molecule has 134 valence electrons. The van der Waals surface area contributed by atoms with Crippen molar-refractivity contribution in [2.45, 2.75) is 69.7 Å². The molecule has 0 bridgehead atoms. The summed E-state index contributed by atoms with van der Waals surface area (Å²) in [6, 6.07) is 3.79. The fourth-order valence-corrected chi connectivity index (χ4v) is 5.45. The van der Waals surface area contributed by atoms with Crippen LogP contribution >= 0.6 is 0 Å². The van der Waals surface area contributed by atoms with Crippen LogP contribution in [0.15, 0.2) is 17.0 Å². The smallest absolute Gasteiger partial charge is 0.241 e. The summed E-state index contributed by atoms with van der Waals surface area (Å²) in [6.45, 7) is 6.34. The third-order valence-corrected chi connectivity index (χ3v) is 6.63. The Hall–Kier alpha value is -0.950. The molecule has 1 heterocycles. The van der Waals surface area contributed by atoms with Gasteiger partial charge in [0, 0.05) is 19.4 Å². The van der Waals surface area contributed by atoms with Gasteiger partial charge in [0.2, 0.25) is 10.0 Å². The van der Waals surface area contributed by atoms with Gasteiger partial charge >= 0.3 is 0 Å². The van der Waals surface area contributed by atoms with E-state index in [1.165, 1.54) is 6.42 Å². The molecule has 1 saturated carbocycles. The molecule has 1 aliphatic heterocycles. The van der Waals surface area contributed by atoms with Crippen molar-refractivity contribution in [2.75, 3.05) is 13.2 Å². The molecule has 1 spiro atoms. The number of ether oxygens (including phenoxy) is 2. The first-order valence-electron chi connectivity index (χ1n) is 8.71. The SMILES string of the molecule is Cc1cc(C)c(S(=O)(=O)NC[C@@H]2COC3(CCCCC3)O2)c(C)c1. The molecule has 3 rings (SSSR count). The maximum Gasteiger partial charge on any atom is 0.241 e.